The number of hydrogen-bond donors (Lipinski definition) is 1. The molecule has 1 N–H and O–H groups in total. The normalized spacial score (nSPS) is 10.5. The van der Waals surface area contributed by atoms with Gasteiger partial charge in [-0.05, 0) is 15.9 Å². The molecule has 2 aromatic rings. The molecule has 0 aliphatic heterocycles. The monoisotopic (exact) mass is 287 g/mol. The standard InChI is InChI=1S/C9H10BrN3OS/c1-2-6-3-11-8(14-6)4-12-9-13-7(10)5-15-9/h3,5H,2,4H2,1H3,(H,12,13). The third-order valence-corrected chi connectivity index (χ3v) is 3.33. The van der Waals surface area contributed by atoms with Crippen LogP contribution in [0.1, 0.15) is 18.6 Å². The van der Waals surface area contributed by atoms with Gasteiger partial charge < -0.3 is 9.73 Å². The first-order valence-corrected chi connectivity index (χ1v) is 6.23. The number of hydrogen-bond acceptors (Lipinski definition) is 5. The van der Waals surface area contributed by atoms with Crippen molar-refractivity contribution in [3.63, 3.8) is 0 Å². The van der Waals surface area contributed by atoms with Crippen LogP contribution in [0.5, 0.6) is 0 Å². The van der Waals surface area contributed by atoms with Gasteiger partial charge in [0.2, 0.25) is 5.89 Å². The van der Waals surface area contributed by atoms with Gasteiger partial charge in [-0.15, -0.1) is 11.3 Å². The lowest BCUT2D eigenvalue weighted by Gasteiger charge is -1.97. The van der Waals surface area contributed by atoms with Crippen LogP contribution in [0.2, 0.25) is 0 Å². The highest BCUT2D eigenvalue weighted by Gasteiger charge is 2.03. The van der Waals surface area contributed by atoms with Crippen LogP contribution in [0, 0.1) is 0 Å². The quantitative estimate of drug-likeness (QED) is 0.939. The average Bonchev–Trinajstić information content (AvgIpc) is 2.83. The van der Waals surface area contributed by atoms with E-state index in [0.29, 0.717) is 12.4 Å². The van der Waals surface area contributed by atoms with E-state index in [-0.39, 0.29) is 0 Å². The van der Waals surface area contributed by atoms with Crippen molar-refractivity contribution in [2.45, 2.75) is 19.9 Å². The Morgan fingerprint density at radius 3 is 3.07 bits per heavy atom. The maximum atomic E-state index is 5.45. The molecule has 0 aromatic carbocycles. The third-order valence-electron chi connectivity index (χ3n) is 1.82. The zero-order chi connectivity index (χ0) is 10.7. The summed E-state index contributed by atoms with van der Waals surface area (Å²) in [7, 11) is 0. The fraction of sp³-hybridized carbons (Fsp3) is 0.333. The Labute approximate surface area is 99.9 Å². The van der Waals surface area contributed by atoms with E-state index in [1.165, 1.54) is 0 Å². The van der Waals surface area contributed by atoms with E-state index >= 15 is 0 Å². The van der Waals surface area contributed by atoms with E-state index < -0.39 is 0 Å². The van der Waals surface area contributed by atoms with Crippen LogP contribution in [-0.2, 0) is 13.0 Å². The van der Waals surface area contributed by atoms with Crippen molar-refractivity contribution in [2.75, 3.05) is 5.32 Å². The molecule has 0 atom stereocenters. The summed E-state index contributed by atoms with van der Waals surface area (Å²) >= 11 is 4.84. The van der Waals surface area contributed by atoms with E-state index in [1.807, 2.05) is 12.3 Å². The zero-order valence-electron chi connectivity index (χ0n) is 8.16. The molecule has 6 heteroatoms. The maximum Gasteiger partial charge on any atom is 0.213 e. The van der Waals surface area contributed by atoms with Crippen molar-refractivity contribution in [3.05, 3.63) is 27.8 Å². The van der Waals surface area contributed by atoms with Gasteiger partial charge in [0.15, 0.2) is 5.13 Å². The minimum absolute atomic E-state index is 0.569. The number of halogens is 1. The molecule has 0 saturated carbocycles. The summed E-state index contributed by atoms with van der Waals surface area (Å²) in [5, 5.41) is 5.93. The Bertz CT molecular complexity index is 440. The molecule has 2 aromatic heterocycles. The van der Waals surface area contributed by atoms with Crippen molar-refractivity contribution >= 4 is 32.4 Å². The van der Waals surface area contributed by atoms with Gasteiger partial charge >= 0.3 is 0 Å². The molecule has 0 unspecified atom stereocenters. The van der Waals surface area contributed by atoms with E-state index in [4.69, 9.17) is 4.42 Å². The first-order valence-electron chi connectivity index (χ1n) is 4.56. The number of aryl methyl sites for hydroxylation is 1. The Hall–Kier alpha value is -0.880. The van der Waals surface area contributed by atoms with E-state index in [9.17, 15) is 0 Å². The van der Waals surface area contributed by atoms with Crippen molar-refractivity contribution in [3.8, 4) is 0 Å². The number of rotatable bonds is 4. The van der Waals surface area contributed by atoms with E-state index in [2.05, 4.69) is 31.2 Å². The molecule has 0 spiro atoms. The largest absolute Gasteiger partial charge is 0.444 e. The van der Waals surface area contributed by atoms with Crippen LogP contribution in [0.25, 0.3) is 0 Å². The summed E-state index contributed by atoms with van der Waals surface area (Å²) in [4.78, 5) is 8.35. The lowest BCUT2D eigenvalue weighted by Crippen LogP contribution is -1.98. The van der Waals surface area contributed by atoms with Crippen molar-refractivity contribution < 1.29 is 4.42 Å². The van der Waals surface area contributed by atoms with Gasteiger partial charge in [-0.25, -0.2) is 9.97 Å². The van der Waals surface area contributed by atoms with Crippen LogP contribution >= 0.6 is 27.3 Å². The number of anilines is 1. The number of thiazole rings is 1. The molecule has 0 aliphatic rings. The molecule has 0 aliphatic carbocycles. The van der Waals surface area contributed by atoms with Crippen molar-refractivity contribution in [1.82, 2.24) is 9.97 Å². The van der Waals surface area contributed by atoms with E-state index in [0.717, 1.165) is 21.9 Å². The molecule has 15 heavy (non-hydrogen) atoms. The molecule has 4 nitrogen and oxygen atoms in total. The lowest BCUT2D eigenvalue weighted by atomic mass is 10.4. The molecular formula is C9H10BrN3OS. The highest BCUT2D eigenvalue weighted by Crippen LogP contribution is 2.19. The van der Waals surface area contributed by atoms with Crippen LogP contribution in [0.3, 0.4) is 0 Å². The van der Waals surface area contributed by atoms with Gasteiger partial charge in [0.25, 0.3) is 0 Å². The molecule has 0 saturated heterocycles. The molecule has 2 rings (SSSR count). The second-order valence-electron chi connectivity index (χ2n) is 2.90. The fourth-order valence-corrected chi connectivity index (χ4v) is 2.22. The minimum Gasteiger partial charge on any atom is -0.444 e. The molecule has 80 valence electrons. The van der Waals surface area contributed by atoms with E-state index in [1.54, 1.807) is 17.5 Å². The number of nitrogens with one attached hydrogen (secondary N) is 1. The van der Waals surface area contributed by atoms with Crippen molar-refractivity contribution in [1.29, 1.82) is 0 Å². The summed E-state index contributed by atoms with van der Waals surface area (Å²) < 4.78 is 6.30. The minimum atomic E-state index is 0.569. The van der Waals surface area contributed by atoms with Gasteiger partial charge in [-0.1, -0.05) is 6.92 Å². The third kappa shape index (κ3) is 2.79. The predicted octanol–water partition coefficient (Wildman–Crippen LogP) is 3.07. The van der Waals surface area contributed by atoms with Crippen LogP contribution < -0.4 is 5.32 Å². The summed E-state index contributed by atoms with van der Waals surface area (Å²) in [6, 6.07) is 0. The topological polar surface area (TPSA) is 51.0 Å². The second kappa shape index (κ2) is 4.76. The Balaban J connectivity index is 1.93. The second-order valence-corrected chi connectivity index (χ2v) is 4.57. The van der Waals surface area contributed by atoms with Gasteiger partial charge in [0, 0.05) is 11.8 Å². The molecule has 2 heterocycles. The Morgan fingerprint density at radius 1 is 1.60 bits per heavy atom. The molecule has 0 radical (unpaired) electrons. The number of aromatic nitrogens is 2. The summed E-state index contributed by atoms with van der Waals surface area (Å²) in [5.41, 5.74) is 0. The molecule has 0 amide bonds. The summed E-state index contributed by atoms with van der Waals surface area (Å²) in [5.74, 6) is 1.60. The number of nitrogens with zero attached hydrogens (tertiary/aromatic N) is 2. The van der Waals surface area contributed by atoms with Crippen LogP contribution in [0.4, 0.5) is 5.13 Å². The lowest BCUT2D eigenvalue weighted by molar-refractivity contribution is 0.466. The smallest absolute Gasteiger partial charge is 0.213 e. The number of oxazole rings is 1. The van der Waals surface area contributed by atoms with Gasteiger partial charge in [0.05, 0.1) is 12.7 Å². The van der Waals surface area contributed by atoms with Gasteiger partial charge in [-0.3, -0.25) is 0 Å². The summed E-state index contributed by atoms with van der Waals surface area (Å²) in [6.07, 6.45) is 2.63. The predicted molar refractivity (Wildman–Crippen MR) is 63.0 cm³/mol. The average molecular weight is 288 g/mol. The Kier molecular flexibility index (Phi) is 3.37. The van der Waals surface area contributed by atoms with Crippen molar-refractivity contribution in [2.24, 2.45) is 0 Å². The first-order chi connectivity index (χ1) is 7.28. The first kappa shape index (κ1) is 10.6. The van der Waals surface area contributed by atoms with Crippen LogP contribution in [-0.4, -0.2) is 9.97 Å². The molecular weight excluding hydrogens is 278 g/mol. The SMILES string of the molecule is CCc1cnc(CNc2nc(Br)cs2)o1. The zero-order valence-corrected chi connectivity index (χ0v) is 10.6. The Morgan fingerprint density at radius 2 is 2.47 bits per heavy atom. The summed E-state index contributed by atoms with van der Waals surface area (Å²) in [6.45, 7) is 2.61. The van der Waals surface area contributed by atoms with Crippen LogP contribution in [0.15, 0.2) is 20.6 Å². The molecule has 0 bridgehead atoms. The maximum absolute atomic E-state index is 5.45. The van der Waals surface area contributed by atoms with Gasteiger partial charge in [-0.2, -0.15) is 0 Å². The molecule has 0 fully saturated rings. The highest BCUT2D eigenvalue weighted by molar-refractivity contribution is 9.10. The fourth-order valence-electron chi connectivity index (χ4n) is 1.08. The highest BCUT2D eigenvalue weighted by atomic mass is 79.9. The van der Waals surface area contributed by atoms with Gasteiger partial charge in [0.1, 0.15) is 10.4 Å².